The van der Waals surface area contributed by atoms with Gasteiger partial charge >= 0.3 is 0 Å². The second kappa shape index (κ2) is 6.32. The van der Waals surface area contributed by atoms with E-state index in [-0.39, 0.29) is 47.5 Å². The van der Waals surface area contributed by atoms with E-state index >= 15 is 0 Å². The van der Waals surface area contributed by atoms with Crippen molar-refractivity contribution in [1.82, 2.24) is 0 Å². The normalized spacial score (nSPS) is 33.4. The van der Waals surface area contributed by atoms with E-state index in [0.29, 0.717) is 16.5 Å². The third-order valence-electron chi connectivity index (χ3n) is 7.17. The average molecular weight is 423 g/mol. The number of ether oxygens (including phenoxy) is 1. The molecule has 152 valence electrons. The molecular formula is C23H19ClN2O4. The summed E-state index contributed by atoms with van der Waals surface area (Å²) in [6, 6.07) is 14.6. The predicted molar refractivity (Wildman–Crippen MR) is 110 cm³/mol. The van der Waals surface area contributed by atoms with Gasteiger partial charge in [-0.25, -0.2) is 0 Å². The Bertz CT molecular complexity index is 1100. The number of imide groups is 1. The number of benzene rings is 2. The highest BCUT2D eigenvalue weighted by atomic mass is 35.5. The van der Waals surface area contributed by atoms with Gasteiger partial charge in [-0.1, -0.05) is 35.0 Å². The molecule has 2 aromatic rings. The lowest BCUT2D eigenvalue weighted by atomic mass is 9.71. The van der Waals surface area contributed by atoms with Crippen LogP contribution in [0.25, 0.3) is 0 Å². The van der Waals surface area contributed by atoms with Crippen molar-refractivity contribution in [3.8, 4) is 5.75 Å². The molecule has 2 aliphatic carbocycles. The number of fused-ring (bicyclic) bond motifs is 8. The van der Waals surface area contributed by atoms with E-state index in [1.165, 1.54) is 4.90 Å². The molecule has 1 saturated heterocycles. The van der Waals surface area contributed by atoms with Gasteiger partial charge in [0, 0.05) is 22.4 Å². The Morgan fingerprint density at radius 1 is 1.00 bits per heavy atom. The average Bonchev–Trinajstić information content (AvgIpc) is 3.49. The third kappa shape index (κ3) is 2.23. The van der Waals surface area contributed by atoms with Crippen molar-refractivity contribution >= 4 is 34.8 Å². The van der Waals surface area contributed by atoms with Crippen molar-refractivity contribution < 1.29 is 19.2 Å². The molecule has 6 rings (SSSR count). The Kier molecular flexibility index (Phi) is 3.78. The molecule has 7 heteroatoms. The molecule has 0 aromatic heterocycles. The van der Waals surface area contributed by atoms with Gasteiger partial charge in [0.05, 0.1) is 30.3 Å². The minimum atomic E-state index is -0.341. The van der Waals surface area contributed by atoms with Crippen LogP contribution in [-0.2, 0) is 14.4 Å². The maximum atomic E-state index is 13.4. The minimum absolute atomic E-state index is 0.00608. The van der Waals surface area contributed by atoms with Crippen molar-refractivity contribution in [2.45, 2.75) is 12.5 Å². The van der Waals surface area contributed by atoms with Crippen molar-refractivity contribution in [2.24, 2.45) is 34.7 Å². The van der Waals surface area contributed by atoms with Crippen LogP contribution in [0.4, 0.5) is 5.69 Å². The van der Waals surface area contributed by atoms with Gasteiger partial charge in [-0.05, 0) is 42.7 Å². The summed E-state index contributed by atoms with van der Waals surface area (Å²) in [5.41, 5.74) is 2.24. The van der Waals surface area contributed by atoms with Crippen molar-refractivity contribution in [3.63, 3.8) is 0 Å². The summed E-state index contributed by atoms with van der Waals surface area (Å²) in [4.78, 5) is 33.9. The van der Waals surface area contributed by atoms with Crippen molar-refractivity contribution in [1.29, 1.82) is 0 Å². The molecule has 4 aliphatic rings. The highest BCUT2D eigenvalue weighted by molar-refractivity contribution is 6.34. The molecule has 0 radical (unpaired) electrons. The van der Waals surface area contributed by atoms with Crippen LogP contribution in [0.2, 0.25) is 5.02 Å². The molecule has 2 saturated carbocycles. The molecule has 6 nitrogen and oxygen atoms in total. The molecular weight excluding hydrogens is 404 g/mol. The molecule has 2 aromatic carbocycles. The Balaban J connectivity index is 1.35. The first-order chi connectivity index (χ1) is 14.6. The smallest absolute Gasteiger partial charge is 0.238 e. The number of anilines is 1. The number of hydrogen-bond acceptors (Lipinski definition) is 5. The molecule has 2 aliphatic heterocycles. The van der Waals surface area contributed by atoms with E-state index in [2.05, 4.69) is 5.16 Å². The lowest BCUT2D eigenvalue weighted by molar-refractivity contribution is -0.125. The number of methoxy groups -OCH3 is 1. The van der Waals surface area contributed by atoms with Gasteiger partial charge in [-0.3, -0.25) is 14.5 Å². The minimum Gasteiger partial charge on any atom is -0.497 e. The number of nitrogens with zero attached hydrogens (tertiary/aromatic N) is 2. The summed E-state index contributed by atoms with van der Waals surface area (Å²) in [7, 11) is 1.58. The second-order valence-electron chi connectivity index (χ2n) is 8.38. The van der Waals surface area contributed by atoms with E-state index in [4.69, 9.17) is 21.2 Å². The zero-order valence-corrected chi connectivity index (χ0v) is 17.0. The van der Waals surface area contributed by atoms with Gasteiger partial charge in [0.2, 0.25) is 11.8 Å². The maximum absolute atomic E-state index is 13.4. The van der Waals surface area contributed by atoms with Gasteiger partial charge in [-0.15, -0.1) is 0 Å². The molecule has 0 unspecified atom stereocenters. The lowest BCUT2D eigenvalue weighted by Crippen LogP contribution is -2.41. The van der Waals surface area contributed by atoms with Crippen LogP contribution in [0.1, 0.15) is 12.0 Å². The largest absolute Gasteiger partial charge is 0.497 e. The second-order valence-corrected chi connectivity index (χ2v) is 8.78. The van der Waals surface area contributed by atoms with Crippen LogP contribution in [0, 0.1) is 29.6 Å². The lowest BCUT2D eigenvalue weighted by Gasteiger charge is -2.30. The number of rotatable bonds is 3. The van der Waals surface area contributed by atoms with Crippen LogP contribution in [0.3, 0.4) is 0 Å². The van der Waals surface area contributed by atoms with Crippen molar-refractivity contribution in [2.75, 3.05) is 12.0 Å². The van der Waals surface area contributed by atoms with Crippen LogP contribution >= 0.6 is 11.6 Å². The van der Waals surface area contributed by atoms with E-state index in [1.54, 1.807) is 31.4 Å². The standard InChI is InChI=1S/C23H19ClN2O4/c1-29-12-8-6-11(7-9-12)26-22(27)17-14-10-15(18(17)23(26)28)21-19(14)20(25-30-21)13-4-2-3-5-16(13)24/h2-9,14-15,17-19,21H,10H2,1H3/t14-,15+,17+,18+,19+,21-/m1/s1. The first-order valence-corrected chi connectivity index (χ1v) is 10.5. The Labute approximate surface area is 178 Å². The molecule has 30 heavy (non-hydrogen) atoms. The number of carbonyl (C=O) groups is 2. The molecule has 6 atom stereocenters. The van der Waals surface area contributed by atoms with Gasteiger partial charge in [0.15, 0.2) is 0 Å². The highest BCUT2D eigenvalue weighted by Gasteiger charge is 2.70. The zero-order chi connectivity index (χ0) is 20.6. The molecule has 0 spiro atoms. The molecule has 0 N–H and O–H groups in total. The topological polar surface area (TPSA) is 68.2 Å². The van der Waals surface area contributed by atoms with E-state index < -0.39 is 0 Å². The summed E-state index contributed by atoms with van der Waals surface area (Å²) < 4.78 is 5.19. The summed E-state index contributed by atoms with van der Waals surface area (Å²) >= 11 is 6.41. The van der Waals surface area contributed by atoms with Crippen LogP contribution in [0.5, 0.6) is 5.75 Å². The monoisotopic (exact) mass is 422 g/mol. The Morgan fingerprint density at radius 3 is 2.40 bits per heavy atom. The fraction of sp³-hybridized carbons (Fsp3) is 0.348. The van der Waals surface area contributed by atoms with Gasteiger partial charge in [0.25, 0.3) is 0 Å². The van der Waals surface area contributed by atoms with Gasteiger partial charge < -0.3 is 9.57 Å². The van der Waals surface area contributed by atoms with E-state index in [9.17, 15) is 9.59 Å². The number of carbonyl (C=O) groups excluding carboxylic acids is 2. The SMILES string of the molecule is COc1ccc(N2C(=O)[C@H]3[C@@H]4C[C@@H]([C@H]5C(c6ccccc6Cl)=NO[C@H]45)[C@@H]3C2=O)cc1. The number of hydrogen-bond donors (Lipinski definition) is 0. The number of oxime groups is 1. The molecule has 2 heterocycles. The van der Waals surface area contributed by atoms with Gasteiger partial charge in [0.1, 0.15) is 11.9 Å². The van der Waals surface area contributed by atoms with Crippen LogP contribution < -0.4 is 9.64 Å². The summed E-state index contributed by atoms with van der Waals surface area (Å²) in [6.45, 7) is 0. The molecule has 2 bridgehead atoms. The van der Waals surface area contributed by atoms with Crippen LogP contribution in [0.15, 0.2) is 53.7 Å². The fourth-order valence-corrected chi connectivity index (χ4v) is 6.24. The Morgan fingerprint density at radius 2 is 1.70 bits per heavy atom. The zero-order valence-electron chi connectivity index (χ0n) is 16.2. The third-order valence-corrected chi connectivity index (χ3v) is 7.50. The quantitative estimate of drug-likeness (QED) is 0.710. The summed E-state index contributed by atoms with van der Waals surface area (Å²) in [5, 5.41) is 4.97. The molecule has 2 amide bonds. The van der Waals surface area contributed by atoms with Crippen LogP contribution in [-0.4, -0.2) is 30.7 Å². The van der Waals surface area contributed by atoms with E-state index in [0.717, 1.165) is 17.7 Å². The fourth-order valence-electron chi connectivity index (χ4n) is 6.00. The van der Waals surface area contributed by atoms with E-state index in [1.807, 2.05) is 24.3 Å². The number of amides is 2. The van der Waals surface area contributed by atoms with Gasteiger partial charge in [-0.2, -0.15) is 0 Å². The highest BCUT2D eigenvalue weighted by Crippen LogP contribution is 2.62. The maximum Gasteiger partial charge on any atom is 0.238 e. The Hall–Kier alpha value is -2.86. The molecule has 3 fully saturated rings. The predicted octanol–water partition coefficient (Wildman–Crippen LogP) is 3.52. The number of halogens is 1. The first-order valence-electron chi connectivity index (χ1n) is 10.1. The summed E-state index contributed by atoms with van der Waals surface area (Å²) in [5.74, 6) is -0.227. The summed E-state index contributed by atoms with van der Waals surface area (Å²) in [6.07, 6.45) is 0.636. The van der Waals surface area contributed by atoms with Crippen molar-refractivity contribution in [3.05, 3.63) is 59.1 Å². The first kappa shape index (κ1) is 18.0.